The van der Waals surface area contributed by atoms with Gasteiger partial charge in [-0.15, -0.1) is 0 Å². The van der Waals surface area contributed by atoms with Gasteiger partial charge in [0.1, 0.15) is 30.7 Å². The van der Waals surface area contributed by atoms with Crippen LogP contribution in [0.5, 0.6) is 11.5 Å². The lowest BCUT2D eigenvalue weighted by molar-refractivity contribution is -0.0373. The van der Waals surface area contributed by atoms with E-state index in [0.29, 0.717) is 65.7 Å². The highest BCUT2D eigenvalue weighted by Gasteiger charge is 2.36. The number of H-pyrrole nitrogens is 1. The number of fused-ring (bicyclic) bond motifs is 2. The number of anilines is 3. The van der Waals surface area contributed by atoms with E-state index in [4.69, 9.17) is 9.47 Å². The van der Waals surface area contributed by atoms with Gasteiger partial charge in [0, 0.05) is 43.9 Å². The maximum Gasteiger partial charge on any atom is 0.250 e. The third kappa shape index (κ3) is 4.26. The summed E-state index contributed by atoms with van der Waals surface area (Å²) >= 11 is 0. The summed E-state index contributed by atoms with van der Waals surface area (Å²) in [5.41, 5.74) is 3.04. The molecule has 1 aliphatic carbocycles. The van der Waals surface area contributed by atoms with E-state index in [1.165, 1.54) is 6.20 Å². The smallest absolute Gasteiger partial charge is 0.250 e. The molecule has 2 aliphatic rings. The number of benzene rings is 1. The van der Waals surface area contributed by atoms with E-state index in [0.717, 1.165) is 11.3 Å². The highest BCUT2D eigenvalue weighted by atomic mass is 19.3. The fraction of sp³-hybridized carbons (Fsp3) is 0.360. The number of hydrogen-bond acceptors (Lipinski definition) is 8. The Morgan fingerprint density at radius 1 is 1.19 bits per heavy atom. The number of hydrogen-bond donors (Lipinski definition) is 3. The van der Waals surface area contributed by atoms with Crippen molar-refractivity contribution >= 4 is 28.5 Å². The average molecular weight is 507 g/mol. The van der Waals surface area contributed by atoms with Gasteiger partial charge < -0.3 is 25.1 Å². The van der Waals surface area contributed by atoms with Crippen molar-refractivity contribution in [1.29, 1.82) is 5.26 Å². The predicted molar refractivity (Wildman–Crippen MR) is 132 cm³/mol. The third-order valence-electron chi connectivity index (χ3n) is 6.66. The summed E-state index contributed by atoms with van der Waals surface area (Å²) in [6.45, 7) is 0.782. The van der Waals surface area contributed by atoms with Crippen LogP contribution < -0.4 is 20.1 Å². The number of aromatic amines is 1. The molecule has 0 spiro atoms. The summed E-state index contributed by atoms with van der Waals surface area (Å²) in [6.07, 6.45) is 3.84. The molecule has 37 heavy (non-hydrogen) atoms. The highest BCUT2D eigenvalue weighted by Crippen LogP contribution is 2.45. The topological polar surface area (TPSA) is 126 Å². The molecule has 0 bridgehead atoms. The molecule has 4 heterocycles. The zero-order chi connectivity index (χ0) is 25.6. The lowest BCUT2D eigenvalue weighted by atomic mass is 9.92. The quantitative estimate of drug-likeness (QED) is 0.355. The van der Waals surface area contributed by atoms with Crippen molar-refractivity contribution in [3.05, 3.63) is 36.2 Å². The Balaban J connectivity index is 1.38. The van der Waals surface area contributed by atoms with Gasteiger partial charge in [0.15, 0.2) is 11.5 Å². The van der Waals surface area contributed by atoms with Crippen LogP contribution in [0, 0.1) is 11.3 Å². The third-order valence-corrected chi connectivity index (χ3v) is 6.66. The Bertz CT molecular complexity index is 1520. The molecule has 1 aromatic carbocycles. The number of nitrogens with zero attached hydrogens (tertiary/aromatic N) is 5. The molecule has 190 valence electrons. The van der Waals surface area contributed by atoms with Crippen LogP contribution in [0.2, 0.25) is 0 Å². The number of alkyl halides is 2. The molecule has 0 saturated heterocycles. The minimum atomic E-state index is -2.73. The molecule has 3 aromatic heterocycles. The molecule has 1 saturated carbocycles. The van der Waals surface area contributed by atoms with Gasteiger partial charge in [-0.1, -0.05) is 0 Å². The van der Waals surface area contributed by atoms with Crippen molar-refractivity contribution in [3.63, 3.8) is 0 Å². The van der Waals surface area contributed by atoms with E-state index in [1.807, 2.05) is 25.2 Å². The lowest BCUT2D eigenvalue weighted by Gasteiger charge is -2.30. The Labute approximate surface area is 210 Å². The number of halogens is 2. The molecule has 10 nitrogen and oxygen atoms in total. The van der Waals surface area contributed by atoms with Crippen molar-refractivity contribution in [3.8, 4) is 28.8 Å². The highest BCUT2D eigenvalue weighted by molar-refractivity contribution is 5.94. The van der Waals surface area contributed by atoms with Crippen LogP contribution in [0.25, 0.3) is 22.3 Å². The fourth-order valence-electron chi connectivity index (χ4n) is 4.97. The van der Waals surface area contributed by atoms with Crippen LogP contribution in [-0.4, -0.2) is 49.9 Å². The average Bonchev–Trinajstić information content (AvgIpc) is 3.49. The van der Waals surface area contributed by atoms with Crippen LogP contribution in [0.1, 0.15) is 31.2 Å². The molecule has 1 unspecified atom stereocenters. The molecule has 1 fully saturated rings. The molecular weight excluding hydrogens is 482 g/mol. The first-order valence-corrected chi connectivity index (χ1v) is 12.0. The minimum Gasteiger partial charge on any atom is -0.485 e. The Morgan fingerprint density at radius 3 is 2.78 bits per heavy atom. The normalized spacial score (nSPS) is 18.4. The number of nitrogens with one attached hydrogen (secondary N) is 3. The van der Waals surface area contributed by atoms with E-state index in [2.05, 4.69) is 36.8 Å². The van der Waals surface area contributed by atoms with Crippen molar-refractivity contribution < 1.29 is 18.3 Å². The summed E-state index contributed by atoms with van der Waals surface area (Å²) in [5.74, 6) is -1.10. The molecule has 6 rings (SSSR count). The second kappa shape index (κ2) is 8.92. The first kappa shape index (κ1) is 23.0. The lowest BCUT2D eigenvalue weighted by Crippen LogP contribution is -2.34. The monoisotopic (exact) mass is 506 g/mol. The van der Waals surface area contributed by atoms with Gasteiger partial charge in [-0.05, 0) is 31.0 Å². The van der Waals surface area contributed by atoms with Crippen molar-refractivity contribution in [1.82, 2.24) is 24.7 Å². The van der Waals surface area contributed by atoms with Gasteiger partial charge in [-0.25, -0.2) is 8.78 Å². The summed E-state index contributed by atoms with van der Waals surface area (Å²) < 4.78 is 41.8. The molecule has 12 heteroatoms. The number of nitriles is 1. The Hall–Kier alpha value is -4.40. The fourth-order valence-corrected chi connectivity index (χ4v) is 4.97. The van der Waals surface area contributed by atoms with E-state index >= 15 is 0 Å². The van der Waals surface area contributed by atoms with E-state index in [-0.39, 0.29) is 18.8 Å². The summed E-state index contributed by atoms with van der Waals surface area (Å²) in [4.78, 5) is 12.1. The van der Waals surface area contributed by atoms with Crippen LogP contribution in [0.15, 0.2) is 30.6 Å². The van der Waals surface area contributed by atoms with Gasteiger partial charge in [0.05, 0.1) is 22.3 Å². The number of aryl methyl sites for hydroxylation is 1. The molecule has 0 amide bonds. The minimum absolute atomic E-state index is 0.118. The second-order valence-electron chi connectivity index (χ2n) is 9.21. The maximum atomic E-state index is 14.1. The summed E-state index contributed by atoms with van der Waals surface area (Å²) in [6, 6.07) is 7.27. The van der Waals surface area contributed by atoms with Crippen LogP contribution in [-0.2, 0) is 7.05 Å². The SMILES string of the molecule is Cn1nccc1-c1ccc(Nc2nc(NC3CCCC(F)(F)C3)c3c(C#N)c[nH]c3n2)c2c1OCCO2. The van der Waals surface area contributed by atoms with Crippen molar-refractivity contribution in [2.45, 2.75) is 37.6 Å². The molecule has 1 aliphatic heterocycles. The predicted octanol–water partition coefficient (Wildman–Crippen LogP) is 4.73. The Kier molecular flexibility index (Phi) is 5.55. The molecule has 1 atom stereocenters. The summed E-state index contributed by atoms with van der Waals surface area (Å²) in [5, 5.41) is 20.6. The number of ether oxygens (including phenoxy) is 2. The van der Waals surface area contributed by atoms with E-state index < -0.39 is 12.0 Å². The molecule has 4 aromatic rings. The maximum absolute atomic E-state index is 14.1. The first-order chi connectivity index (χ1) is 17.9. The summed E-state index contributed by atoms with van der Waals surface area (Å²) in [7, 11) is 1.85. The molecule has 0 radical (unpaired) electrons. The van der Waals surface area contributed by atoms with E-state index in [1.54, 1.807) is 10.9 Å². The standard InChI is InChI=1S/C25H24F2N8O2/c1-35-18(6-8-30-35)16-4-5-17(21-20(16)36-9-10-37-21)32-24-33-22-19(14(12-28)13-29-22)23(34-24)31-15-3-2-7-25(26,27)11-15/h4-6,8,13,15H,2-3,7,9-11H2,1H3,(H3,29,31,32,33,34). The van der Waals surface area contributed by atoms with Gasteiger partial charge in [0.2, 0.25) is 11.9 Å². The molecule has 3 N–H and O–H groups in total. The largest absolute Gasteiger partial charge is 0.485 e. The van der Waals surface area contributed by atoms with Gasteiger partial charge in [0.25, 0.3) is 0 Å². The van der Waals surface area contributed by atoms with Gasteiger partial charge >= 0.3 is 0 Å². The van der Waals surface area contributed by atoms with Gasteiger partial charge in [-0.2, -0.15) is 20.3 Å². The zero-order valence-electron chi connectivity index (χ0n) is 20.0. The van der Waals surface area contributed by atoms with Crippen LogP contribution in [0.4, 0.5) is 26.2 Å². The second-order valence-corrected chi connectivity index (χ2v) is 9.21. The van der Waals surface area contributed by atoms with Crippen molar-refractivity contribution in [2.75, 3.05) is 23.8 Å². The Morgan fingerprint density at radius 2 is 2.03 bits per heavy atom. The zero-order valence-corrected chi connectivity index (χ0v) is 20.0. The number of rotatable bonds is 5. The molecular formula is C25H24F2N8O2. The van der Waals surface area contributed by atoms with Crippen LogP contribution >= 0.6 is 0 Å². The van der Waals surface area contributed by atoms with Crippen molar-refractivity contribution in [2.24, 2.45) is 7.05 Å². The van der Waals surface area contributed by atoms with Gasteiger partial charge in [-0.3, -0.25) is 4.68 Å². The van der Waals surface area contributed by atoms with E-state index in [9.17, 15) is 14.0 Å². The number of aromatic nitrogens is 5. The first-order valence-electron chi connectivity index (χ1n) is 12.0. The van der Waals surface area contributed by atoms with Crippen LogP contribution in [0.3, 0.4) is 0 Å².